The van der Waals surface area contributed by atoms with Crippen molar-refractivity contribution in [2.24, 2.45) is 5.73 Å². The first kappa shape index (κ1) is 22.1. The van der Waals surface area contributed by atoms with E-state index in [4.69, 9.17) is 5.73 Å². The molecule has 3 heteroatoms. The van der Waals surface area contributed by atoms with Crippen molar-refractivity contribution in [1.29, 1.82) is 0 Å². The smallest absolute Gasteiger partial charge is 0.209 e. The number of rotatable bonds is 5. The summed E-state index contributed by atoms with van der Waals surface area (Å²) >= 11 is 0. The molecule has 3 nitrogen and oxygen atoms in total. The van der Waals surface area contributed by atoms with Crippen LogP contribution in [0, 0.1) is 0 Å². The molecule has 32 heavy (non-hydrogen) atoms. The highest BCUT2D eigenvalue weighted by Gasteiger charge is 2.43. The van der Waals surface area contributed by atoms with Gasteiger partial charge in [-0.3, -0.25) is 0 Å². The van der Waals surface area contributed by atoms with E-state index in [1.54, 1.807) is 0 Å². The largest absolute Gasteiger partial charge is 0.399 e. The summed E-state index contributed by atoms with van der Waals surface area (Å²) in [6, 6.07) is 17.4. The molecule has 2 heterocycles. The van der Waals surface area contributed by atoms with Crippen molar-refractivity contribution in [3.05, 3.63) is 95.4 Å². The summed E-state index contributed by atoms with van der Waals surface area (Å²) in [7, 11) is 0. The van der Waals surface area contributed by atoms with Gasteiger partial charge in [-0.15, -0.1) is 0 Å². The van der Waals surface area contributed by atoms with Gasteiger partial charge in [0.1, 0.15) is 6.54 Å². The topological polar surface area (TPSA) is 32.3 Å². The van der Waals surface area contributed by atoms with Gasteiger partial charge in [-0.25, -0.2) is 0 Å². The Bertz CT molecular complexity index is 1160. The number of fused-ring (bicyclic) bond motifs is 2. The Morgan fingerprint density at radius 1 is 0.938 bits per heavy atom. The molecule has 4 rings (SSSR count). The van der Waals surface area contributed by atoms with Crippen LogP contribution in [-0.4, -0.2) is 23.4 Å². The number of para-hydroxylation sites is 2. The Kier molecular flexibility index (Phi) is 5.62. The summed E-state index contributed by atoms with van der Waals surface area (Å²) in [6.45, 7) is 15.4. The standard InChI is InChI=1S/C29H35N3/c1-7-31-24-17-11-9-15-22(24)28(3,4)26(31)19-13-14-21(30)20-27-29(5,6)23-16-10-12-18-25(23)32(27)8-2/h9-20,30H,7-8H2,1-6H3/p+1. The van der Waals surface area contributed by atoms with Crippen molar-refractivity contribution >= 4 is 17.1 Å². The van der Waals surface area contributed by atoms with Gasteiger partial charge in [-0.1, -0.05) is 56.3 Å². The molecule has 0 spiro atoms. The Morgan fingerprint density at radius 3 is 2.28 bits per heavy atom. The summed E-state index contributed by atoms with van der Waals surface area (Å²) in [5, 5.41) is 0. The lowest BCUT2D eigenvalue weighted by atomic mass is 9.81. The van der Waals surface area contributed by atoms with Crippen molar-refractivity contribution in [2.75, 3.05) is 18.0 Å². The molecule has 0 unspecified atom stereocenters. The maximum atomic E-state index is 6.51. The molecular weight excluding hydrogens is 390 g/mol. The third kappa shape index (κ3) is 3.40. The molecule has 0 fully saturated rings. The van der Waals surface area contributed by atoms with E-state index in [-0.39, 0.29) is 10.8 Å². The van der Waals surface area contributed by atoms with E-state index < -0.39 is 0 Å². The predicted octanol–water partition coefficient (Wildman–Crippen LogP) is 6.18. The monoisotopic (exact) mass is 426 g/mol. The molecule has 2 aliphatic heterocycles. The third-order valence-electron chi connectivity index (χ3n) is 7.08. The molecule has 166 valence electrons. The lowest BCUT2D eigenvalue weighted by Gasteiger charge is -2.26. The fraction of sp³-hybridized carbons (Fsp3) is 0.345. The summed E-state index contributed by atoms with van der Waals surface area (Å²) in [4.78, 5) is 2.38. The van der Waals surface area contributed by atoms with E-state index in [0.29, 0.717) is 0 Å². The van der Waals surface area contributed by atoms with E-state index in [2.05, 4.69) is 118 Å². The van der Waals surface area contributed by atoms with Crippen LogP contribution in [0.1, 0.15) is 52.7 Å². The maximum Gasteiger partial charge on any atom is 0.209 e. The highest BCUT2D eigenvalue weighted by atomic mass is 15.2. The number of anilines is 1. The van der Waals surface area contributed by atoms with Crippen molar-refractivity contribution < 1.29 is 4.58 Å². The molecule has 0 radical (unpaired) electrons. The highest BCUT2D eigenvalue weighted by molar-refractivity contribution is 6.03. The predicted molar refractivity (Wildman–Crippen MR) is 137 cm³/mol. The highest BCUT2D eigenvalue weighted by Crippen LogP contribution is 2.47. The average Bonchev–Trinajstić information content (AvgIpc) is 3.13. The van der Waals surface area contributed by atoms with Gasteiger partial charge >= 0.3 is 0 Å². The first-order valence-electron chi connectivity index (χ1n) is 11.7. The Labute approximate surface area is 193 Å². The number of benzene rings is 2. The lowest BCUT2D eigenvalue weighted by molar-refractivity contribution is -0.433. The zero-order chi connectivity index (χ0) is 23.1. The maximum absolute atomic E-state index is 6.51. The molecule has 0 bridgehead atoms. The lowest BCUT2D eigenvalue weighted by Crippen LogP contribution is -2.27. The molecule has 2 aromatic carbocycles. The quantitative estimate of drug-likeness (QED) is 0.457. The van der Waals surface area contributed by atoms with Crippen LogP contribution in [0.5, 0.6) is 0 Å². The zero-order valence-electron chi connectivity index (χ0n) is 20.3. The van der Waals surface area contributed by atoms with Crippen molar-refractivity contribution in [2.45, 2.75) is 52.4 Å². The van der Waals surface area contributed by atoms with Crippen molar-refractivity contribution in [3.63, 3.8) is 0 Å². The van der Waals surface area contributed by atoms with Crippen LogP contribution in [0.15, 0.2) is 84.2 Å². The van der Waals surface area contributed by atoms with Gasteiger partial charge in [-0.2, -0.15) is 4.58 Å². The number of nitrogens with two attached hydrogens (primary N) is 1. The minimum absolute atomic E-state index is 0.0295. The Morgan fingerprint density at radius 2 is 1.59 bits per heavy atom. The molecule has 0 saturated heterocycles. The van der Waals surface area contributed by atoms with Crippen LogP contribution in [0.4, 0.5) is 11.4 Å². The molecular formula is C29H36N3+. The molecule has 0 amide bonds. The second-order valence-corrected chi connectivity index (χ2v) is 9.71. The van der Waals surface area contributed by atoms with E-state index in [9.17, 15) is 0 Å². The molecule has 0 aromatic heterocycles. The molecule has 2 aliphatic rings. The van der Waals surface area contributed by atoms with E-state index in [1.165, 1.54) is 33.9 Å². The normalized spacial score (nSPS) is 20.4. The molecule has 0 saturated carbocycles. The van der Waals surface area contributed by atoms with Crippen LogP contribution in [0.2, 0.25) is 0 Å². The summed E-state index contributed by atoms with van der Waals surface area (Å²) in [5.41, 5.74) is 15.1. The van der Waals surface area contributed by atoms with Crippen LogP contribution < -0.4 is 10.6 Å². The minimum Gasteiger partial charge on any atom is -0.399 e. The van der Waals surface area contributed by atoms with Gasteiger partial charge in [0.2, 0.25) is 5.69 Å². The van der Waals surface area contributed by atoms with Crippen molar-refractivity contribution in [1.82, 2.24) is 0 Å². The van der Waals surface area contributed by atoms with E-state index >= 15 is 0 Å². The van der Waals surface area contributed by atoms with Crippen LogP contribution in [0.25, 0.3) is 0 Å². The first-order valence-corrected chi connectivity index (χ1v) is 11.7. The summed E-state index contributed by atoms with van der Waals surface area (Å²) in [5.74, 6) is 0. The fourth-order valence-corrected chi connectivity index (χ4v) is 5.38. The van der Waals surface area contributed by atoms with Crippen LogP contribution >= 0.6 is 0 Å². The number of hydrogen-bond acceptors (Lipinski definition) is 2. The number of nitrogens with zero attached hydrogens (tertiary/aromatic N) is 2. The second-order valence-electron chi connectivity index (χ2n) is 9.71. The van der Waals surface area contributed by atoms with Gasteiger partial charge < -0.3 is 10.6 Å². The van der Waals surface area contributed by atoms with E-state index in [1.807, 2.05) is 6.08 Å². The van der Waals surface area contributed by atoms with Crippen LogP contribution in [0.3, 0.4) is 0 Å². The molecule has 2 N–H and O–H groups in total. The third-order valence-corrected chi connectivity index (χ3v) is 7.08. The second kappa shape index (κ2) is 8.12. The number of likely N-dealkylation sites (N-methyl/N-ethyl adjacent to an activating group) is 1. The average molecular weight is 427 g/mol. The molecule has 0 aliphatic carbocycles. The van der Waals surface area contributed by atoms with Gasteiger partial charge in [0.25, 0.3) is 0 Å². The van der Waals surface area contributed by atoms with Gasteiger partial charge in [0.05, 0.1) is 5.41 Å². The minimum atomic E-state index is -0.0718. The Hall–Kier alpha value is -3.07. The number of hydrogen-bond donors (Lipinski definition) is 1. The van der Waals surface area contributed by atoms with Gasteiger partial charge in [-0.05, 0) is 51.5 Å². The zero-order valence-corrected chi connectivity index (χ0v) is 20.3. The van der Waals surface area contributed by atoms with Gasteiger partial charge in [0.15, 0.2) is 5.71 Å². The van der Waals surface area contributed by atoms with Gasteiger partial charge in [0, 0.05) is 46.7 Å². The molecule has 0 atom stereocenters. The number of allylic oxidation sites excluding steroid dienone is 5. The Balaban J connectivity index is 1.66. The van der Waals surface area contributed by atoms with E-state index in [0.717, 1.165) is 18.8 Å². The molecule has 2 aromatic rings. The summed E-state index contributed by atoms with van der Waals surface area (Å²) < 4.78 is 2.41. The SMILES string of the molecule is CCN1C(=CC(N)=CC=CC2=[N+](CC)c3ccccc3C2(C)C)C(C)(C)c2ccccc21. The first-order chi connectivity index (χ1) is 15.2. The van der Waals surface area contributed by atoms with Crippen molar-refractivity contribution in [3.8, 4) is 0 Å². The fourth-order valence-electron chi connectivity index (χ4n) is 5.38. The summed E-state index contributed by atoms with van der Waals surface area (Å²) in [6.07, 6.45) is 8.49. The van der Waals surface area contributed by atoms with Crippen LogP contribution in [-0.2, 0) is 10.8 Å².